The lowest BCUT2D eigenvalue weighted by molar-refractivity contribution is -0.143. The Morgan fingerprint density at radius 1 is 1.28 bits per heavy atom. The zero-order valence-electron chi connectivity index (χ0n) is 10.0. The summed E-state index contributed by atoms with van der Waals surface area (Å²) < 4.78 is 0. The van der Waals surface area contributed by atoms with E-state index in [0.29, 0.717) is 6.42 Å². The van der Waals surface area contributed by atoms with Crippen molar-refractivity contribution in [3.05, 3.63) is 0 Å². The molecule has 1 fully saturated rings. The van der Waals surface area contributed by atoms with Crippen LogP contribution in [0.4, 0.5) is 0 Å². The fraction of sp³-hybridized carbons (Fsp3) is 0.727. The number of carbonyl (C=O) groups is 3. The van der Waals surface area contributed by atoms with Gasteiger partial charge in [-0.25, -0.2) is 4.79 Å². The van der Waals surface area contributed by atoms with Crippen LogP contribution in [-0.2, 0) is 14.4 Å². The fourth-order valence-corrected chi connectivity index (χ4v) is 1.72. The average molecular weight is 258 g/mol. The normalized spacial score (nSPS) is 16.7. The van der Waals surface area contributed by atoms with Crippen LogP contribution in [0.1, 0.15) is 25.7 Å². The van der Waals surface area contributed by atoms with Crippen molar-refractivity contribution in [1.82, 2.24) is 10.6 Å². The van der Waals surface area contributed by atoms with E-state index in [-0.39, 0.29) is 31.1 Å². The molecule has 0 radical (unpaired) electrons. The third kappa shape index (κ3) is 5.13. The summed E-state index contributed by atoms with van der Waals surface area (Å²) in [7, 11) is 0. The third-order valence-electron chi connectivity index (χ3n) is 2.86. The van der Waals surface area contributed by atoms with Gasteiger partial charge in [0.15, 0.2) is 0 Å². The molecular formula is C11H18N2O5. The number of aliphatic carboxylic acids is 2. The first-order chi connectivity index (χ1) is 8.49. The van der Waals surface area contributed by atoms with Crippen molar-refractivity contribution in [3.8, 4) is 0 Å². The zero-order valence-corrected chi connectivity index (χ0v) is 10.0. The molecule has 7 nitrogen and oxygen atoms in total. The molecule has 1 heterocycles. The Kier molecular flexibility index (Phi) is 5.57. The molecule has 102 valence electrons. The Morgan fingerprint density at radius 3 is 2.39 bits per heavy atom. The highest BCUT2D eigenvalue weighted by Crippen LogP contribution is 2.09. The van der Waals surface area contributed by atoms with Gasteiger partial charge in [0, 0.05) is 12.8 Å². The van der Waals surface area contributed by atoms with Gasteiger partial charge in [-0.05, 0) is 31.8 Å². The molecule has 4 N–H and O–H groups in total. The monoisotopic (exact) mass is 258 g/mol. The van der Waals surface area contributed by atoms with Crippen LogP contribution in [0.25, 0.3) is 0 Å². The maximum absolute atomic E-state index is 11.5. The molecule has 0 aromatic heterocycles. The minimum Gasteiger partial charge on any atom is -0.481 e. The summed E-state index contributed by atoms with van der Waals surface area (Å²) in [6.07, 6.45) is 0.593. The van der Waals surface area contributed by atoms with Gasteiger partial charge >= 0.3 is 11.9 Å². The van der Waals surface area contributed by atoms with Crippen molar-refractivity contribution in [2.45, 2.75) is 31.7 Å². The zero-order chi connectivity index (χ0) is 13.5. The Labute approximate surface area is 105 Å². The van der Waals surface area contributed by atoms with E-state index in [0.717, 1.165) is 13.1 Å². The van der Waals surface area contributed by atoms with Crippen LogP contribution in [0.3, 0.4) is 0 Å². The Bertz CT molecular complexity index is 327. The SMILES string of the molecule is O=C(O)CCC[C@@H](NC(=O)CC1CNC1)C(=O)O. The predicted octanol–water partition coefficient (Wildman–Crippen LogP) is -0.580. The minimum absolute atomic E-state index is 0.0911. The Balaban J connectivity index is 2.29. The lowest BCUT2D eigenvalue weighted by Crippen LogP contribution is -2.47. The van der Waals surface area contributed by atoms with E-state index in [1.165, 1.54) is 0 Å². The summed E-state index contributed by atoms with van der Waals surface area (Å²) in [6, 6.07) is -0.995. The molecule has 0 saturated carbocycles. The maximum Gasteiger partial charge on any atom is 0.326 e. The van der Waals surface area contributed by atoms with Crippen LogP contribution >= 0.6 is 0 Å². The summed E-state index contributed by atoms with van der Waals surface area (Å²) in [5, 5.41) is 22.8. The highest BCUT2D eigenvalue weighted by Gasteiger charge is 2.24. The third-order valence-corrected chi connectivity index (χ3v) is 2.86. The first kappa shape index (κ1) is 14.4. The second-order valence-corrected chi connectivity index (χ2v) is 4.47. The summed E-state index contributed by atoms with van der Waals surface area (Å²) in [6.45, 7) is 1.56. The molecular weight excluding hydrogens is 240 g/mol. The molecule has 7 heteroatoms. The van der Waals surface area contributed by atoms with E-state index >= 15 is 0 Å². The van der Waals surface area contributed by atoms with E-state index in [1.54, 1.807) is 0 Å². The van der Waals surface area contributed by atoms with Gasteiger partial charge < -0.3 is 20.8 Å². The second-order valence-electron chi connectivity index (χ2n) is 4.47. The van der Waals surface area contributed by atoms with E-state index in [2.05, 4.69) is 10.6 Å². The van der Waals surface area contributed by atoms with Crippen molar-refractivity contribution < 1.29 is 24.6 Å². The average Bonchev–Trinajstić information content (AvgIpc) is 2.21. The maximum atomic E-state index is 11.5. The van der Waals surface area contributed by atoms with E-state index in [1.807, 2.05) is 0 Å². The molecule has 1 aliphatic heterocycles. The molecule has 1 rings (SSSR count). The molecule has 0 spiro atoms. The first-order valence-electron chi connectivity index (χ1n) is 5.93. The number of amides is 1. The Morgan fingerprint density at radius 2 is 1.94 bits per heavy atom. The topological polar surface area (TPSA) is 116 Å². The van der Waals surface area contributed by atoms with Gasteiger partial charge in [-0.1, -0.05) is 0 Å². The molecule has 1 atom stereocenters. The van der Waals surface area contributed by atoms with Crippen molar-refractivity contribution in [1.29, 1.82) is 0 Å². The number of hydrogen-bond donors (Lipinski definition) is 4. The molecule has 0 aromatic rings. The lowest BCUT2D eigenvalue weighted by atomic mass is 9.98. The van der Waals surface area contributed by atoms with Crippen LogP contribution in [0, 0.1) is 5.92 Å². The van der Waals surface area contributed by atoms with Crippen molar-refractivity contribution in [3.63, 3.8) is 0 Å². The second kappa shape index (κ2) is 6.95. The van der Waals surface area contributed by atoms with Crippen molar-refractivity contribution >= 4 is 17.8 Å². The van der Waals surface area contributed by atoms with Gasteiger partial charge in [0.1, 0.15) is 6.04 Å². The number of nitrogens with one attached hydrogen (secondary N) is 2. The van der Waals surface area contributed by atoms with Crippen LogP contribution in [0.15, 0.2) is 0 Å². The molecule has 0 aliphatic carbocycles. The van der Waals surface area contributed by atoms with Gasteiger partial charge in [-0.15, -0.1) is 0 Å². The van der Waals surface area contributed by atoms with Gasteiger partial charge in [-0.3, -0.25) is 9.59 Å². The predicted molar refractivity (Wildman–Crippen MR) is 62.0 cm³/mol. The van der Waals surface area contributed by atoms with Gasteiger partial charge in [-0.2, -0.15) is 0 Å². The van der Waals surface area contributed by atoms with Gasteiger partial charge in [0.2, 0.25) is 5.91 Å². The quantitative estimate of drug-likeness (QED) is 0.463. The molecule has 18 heavy (non-hydrogen) atoms. The highest BCUT2D eigenvalue weighted by atomic mass is 16.4. The summed E-state index contributed by atoms with van der Waals surface area (Å²) in [4.78, 5) is 32.8. The fourth-order valence-electron chi connectivity index (χ4n) is 1.72. The molecule has 0 bridgehead atoms. The molecule has 0 unspecified atom stereocenters. The van der Waals surface area contributed by atoms with Crippen LogP contribution in [0.5, 0.6) is 0 Å². The van der Waals surface area contributed by atoms with Crippen LogP contribution < -0.4 is 10.6 Å². The number of carbonyl (C=O) groups excluding carboxylic acids is 1. The Hall–Kier alpha value is -1.63. The summed E-state index contributed by atoms with van der Waals surface area (Å²) >= 11 is 0. The first-order valence-corrected chi connectivity index (χ1v) is 5.93. The largest absolute Gasteiger partial charge is 0.481 e. The molecule has 1 amide bonds. The number of carboxylic acid groups (broad SMARTS) is 2. The standard InChI is InChI=1S/C11H18N2O5/c14-9(4-7-5-12-6-7)13-8(11(17)18)2-1-3-10(15)16/h7-8,12H,1-6H2,(H,13,14)(H,15,16)(H,17,18)/t8-/m1/s1. The number of rotatable bonds is 8. The van der Waals surface area contributed by atoms with E-state index in [9.17, 15) is 14.4 Å². The summed E-state index contributed by atoms with van der Waals surface area (Å²) in [5.74, 6) is -2.10. The smallest absolute Gasteiger partial charge is 0.326 e. The number of carboxylic acids is 2. The van der Waals surface area contributed by atoms with Crippen molar-refractivity contribution in [2.75, 3.05) is 13.1 Å². The lowest BCUT2D eigenvalue weighted by Gasteiger charge is -2.27. The molecule has 1 saturated heterocycles. The van der Waals surface area contributed by atoms with Gasteiger partial charge in [0.25, 0.3) is 0 Å². The van der Waals surface area contributed by atoms with Crippen molar-refractivity contribution in [2.24, 2.45) is 5.92 Å². The molecule has 1 aliphatic rings. The van der Waals surface area contributed by atoms with Gasteiger partial charge in [0.05, 0.1) is 0 Å². The molecule has 0 aromatic carbocycles. The highest BCUT2D eigenvalue weighted by molar-refractivity contribution is 5.83. The van der Waals surface area contributed by atoms with Crippen LogP contribution in [-0.4, -0.2) is 47.2 Å². The van der Waals surface area contributed by atoms with E-state index in [4.69, 9.17) is 10.2 Å². The number of hydrogen-bond acceptors (Lipinski definition) is 4. The van der Waals surface area contributed by atoms with E-state index < -0.39 is 18.0 Å². The minimum atomic E-state index is -1.12. The summed E-state index contributed by atoms with van der Waals surface area (Å²) in [5.41, 5.74) is 0. The van der Waals surface area contributed by atoms with Crippen LogP contribution in [0.2, 0.25) is 0 Å².